The summed E-state index contributed by atoms with van der Waals surface area (Å²) >= 11 is 0. The lowest BCUT2D eigenvalue weighted by Gasteiger charge is -2.12. The second-order valence-electron chi connectivity index (χ2n) is 3.31. The topological polar surface area (TPSA) is 34.2 Å². The summed E-state index contributed by atoms with van der Waals surface area (Å²) in [4.78, 5) is 4.02. The van der Waals surface area contributed by atoms with Crippen LogP contribution in [0.4, 0.5) is 19.0 Å². The van der Waals surface area contributed by atoms with Crippen LogP contribution in [0, 0.1) is 0 Å². The Morgan fingerprint density at radius 2 is 1.94 bits per heavy atom. The minimum Gasteiger partial charge on any atom is -0.405 e. The van der Waals surface area contributed by atoms with Gasteiger partial charge in [0, 0.05) is 24.0 Å². The number of hydrogen-bond acceptors (Lipinski definition) is 3. The molecule has 0 aliphatic rings. The van der Waals surface area contributed by atoms with Crippen molar-refractivity contribution in [2.24, 2.45) is 0 Å². The van der Waals surface area contributed by atoms with Gasteiger partial charge in [0.05, 0.1) is 0 Å². The van der Waals surface area contributed by atoms with Crippen LogP contribution in [0.5, 0.6) is 5.75 Å². The van der Waals surface area contributed by atoms with E-state index in [0.29, 0.717) is 16.6 Å². The Kier molecular flexibility index (Phi) is 2.79. The molecular weight excluding hydrogens is 233 g/mol. The van der Waals surface area contributed by atoms with Crippen LogP contribution in [0.3, 0.4) is 0 Å². The molecule has 0 fully saturated rings. The van der Waals surface area contributed by atoms with Gasteiger partial charge in [0.25, 0.3) is 0 Å². The van der Waals surface area contributed by atoms with Crippen molar-refractivity contribution in [1.29, 1.82) is 0 Å². The van der Waals surface area contributed by atoms with Gasteiger partial charge in [0.1, 0.15) is 11.6 Å². The maximum absolute atomic E-state index is 12.2. The number of anilines is 1. The van der Waals surface area contributed by atoms with E-state index >= 15 is 0 Å². The second-order valence-corrected chi connectivity index (χ2v) is 3.31. The summed E-state index contributed by atoms with van der Waals surface area (Å²) in [5.41, 5.74) is 0. The molecule has 6 heteroatoms. The van der Waals surface area contributed by atoms with Crippen LogP contribution in [0.1, 0.15) is 0 Å². The van der Waals surface area contributed by atoms with Crippen LogP contribution in [0.15, 0.2) is 30.5 Å². The molecule has 1 N–H and O–H groups in total. The second kappa shape index (κ2) is 4.12. The van der Waals surface area contributed by atoms with Gasteiger partial charge in [0.2, 0.25) is 0 Å². The SMILES string of the molecule is CNc1nccc2c(OC(F)(F)F)cccc12. The van der Waals surface area contributed by atoms with Gasteiger partial charge in [-0.1, -0.05) is 12.1 Å². The molecule has 0 spiro atoms. The van der Waals surface area contributed by atoms with Gasteiger partial charge in [0.15, 0.2) is 0 Å². The number of fused-ring (bicyclic) bond motifs is 1. The lowest BCUT2D eigenvalue weighted by molar-refractivity contribution is -0.274. The third-order valence-electron chi connectivity index (χ3n) is 2.23. The molecule has 0 amide bonds. The molecular formula is C11H9F3N2O. The van der Waals surface area contributed by atoms with Gasteiger partial charge < -0.3 is 10.1 Å². The van der Waals surface area contributed by atoms with Crippen LogP contribution < -0.4 is 10.1 Å². The molecule has 17 heavy (non-hydrogen) atoms. The summed E-state index contributed by atoms with van der Waals surface area (Å²) in [6, 6.07) is 5.93. The summed E-state index contributed by atoms with van der Waals surface area (Å²) in [5.74, 6) is 0.282. The van der Waals surface area contributed by atoms with Crippen molar-refractivity contribution in [1.82, 2.24) is 4.98 Å². The highest BCUT2D eigenvalue weighted by Crippen LogP contribution is 2.32. The Balaban J connectivity index is 2.58. The van der Waals surface area contributed by atoms with Crippen LogP contribution in [-0.2, 0) is 0 Å². The predicted octanol–water partition coefficient (Wildman–Crippen LogP) is 3.18. The number of nitrogens with one attached hydrogen (secondary N) is 1. The molecule has 0 saturated carbocycles. The monoisotopic (exact) mass is 242 g/mol. The molecule has 2 aromatic rings. The van der Waals surface area contributed by atoms with Gasteiger partial charge in [-0.2, -0.15) is 0 Å². The van der Waals surface area contributed by atoms with E-state index in [9.17, 15) is 13.2 Å². The third-order valence-corrected chi connectivity index (χ3v) is 2.23. The minimum absolute atomic E-state index is 0.228. The molecule has 0 aliphatic heterocycles. The summed E-state index contributed by atoms with van der Waals surface area (Å²) in [5, 5.41) is 3.76. The lowest BCUT2D eigenvalue weighted by Crippen LogP contribution is -2.17. The van der Waals surface area contributed by atoms with Gasteiger partial charge in [-0.3, -0.25) is 0 Å². The Hall–Kier alpha value is -1.98. The maximum atomic E-state index is 12.2. The van der Waals surface area contributed by atoms with E-state index in [2.05, 4.69) is 15.0 Å². The number of aromatic nitrogens is 1. The van der Waals surface area contributed by atoms with Crippen molar-refractivity contribution in [3.8, 4) is 5.75 Å². The van der Waals surface area contributed by atoms with Crippen LogP contribution in [0.25, 0.3) is 10.8 Å². The molecule has 0 bridgehead atoms. The molecule has 0 radical (unpaired) electrons. The summed E-state index contributed by atoms with van der Waals surface area (Å²) < 4.78 is 40.6. The van der Waals surface area contributed by atoms with Crippen LogP contribution >= 0.6 is 0 Å². The number of rotatable bonds is 2. The zero-order valence-electron chi connectivity index (χ0n) is 8.88. The number of benzene rings is 1. The summed E-state index contributed by atoms with van der Waals surface area (Å²) in [7, 11) is 1.65. The van der Waals surface area contributed by atoms with Gasteiger partial charge in [-0.15, -0.1) is 13.2 Å². The first-order valence-corrected chi connectivity index (χ1v) is 4.82. The average Bonchev–Trinajstić information content (AvgIpc) is 2.27. The van der Waals surface area contributed by atoms with Crippen LogP contribution in [-0.4, -0.2) is 18.4 Å². The fraction of sp³-hybridized carbons (Fsp3) is 0.182. The zero-order valence-corrected chi connectivity index (χ0v) is 8.88. The molecule has 0 aliphatic carbocycles. The van der Waals surface area contributed by atoms with Gasteiger partial charge in [-0.05, 0) is 12.1 Å². The van der Waals surface area contributed by atoms with E-state index in [1.807, 2.05) is 0 Å². The number of pyridine rings is 1. The van der Waals surface area contributed by atoms with E-state index < -0.39 is 6.36 Å². The average molecular weight is 242 g/mol. The van der Waals surface area contributed by atoms with Crippen molar-refractivity contribution >= 4 is 16.6 Å². The standard InChI is InChI=1S/C11H9F3N2O/c1-15-10-8-3-2-4-9(17-11(12,13)14)7(8)5-6-16-10/h2-6H,1H3,(H,15,16). The van der Waals surface area contributed by atoms with E-state index in [0.717, 1.165) is 0 Å². The molecule has 0 unspecified atom stereocenters. The predicted molar refractivity (Wildman–Crippen MR) is 58.0 cm³/mol. The highest BCUT2D eigenvalue weighted by atomic mass is 19.4. The smallest absolute Gasteiger partial charge is 0.405 e. The molecule has 1 aromatic carbocycles. The largest absolute Gasteiger partial charge is 0.573 e. The molecule has 1 heterocycles. The molecule has 1 aromatic heterocycles. The number of halogens is 3. The molecule has 0 saturated heterocycles. The molecule has 2 rings (SSSR count). The highest BCUT2D eigenvalue weighted by molar-refractivity contribution is 5.95. The van der Waals surface area contributed by atoms with Crippen LogP contribution in [0.2, 0.25) is 0 Å². The van der Waals surface area contributed by atoms with Crippen molar-refractivity contribution in [3.63, 3.8) is 0 Å². The Labute approximate surface area is 95.2 Å². The molecule has 3 nitrogen and oxygen atoms in total. The number of ether oxygens (including phenoxy) is 1. The Morgan fingerprint density at radius 1 is 1.18 bits per heavy atom. The molecule has 0 atom stereocenters. The maximum Gasteiger partial charge on any atom is 0.573 e. The van der Waals surface area contributed by atoms with E-state index in [4.69, 9.17) is 0 Å². The minimum atomic E-state index is -4.70. The van der Waals surface area contributed by atoms with E-state index in [1.54, 1.807) is 13.1 Å². The first kappa shape index (κ1) is 11.5. The lowest BCUT2D eigenvalue weighted by atomic mass is 10.1. The van der Waals surface area contributed by atoms with Gasteiger partial charge >= 0.3 is 6.36 Å². The number of alkyl halides is 3. The first-order chi connectivity index (χ1) is 8.01. The first-order valence-electron chi connectivity index (χ1n) is 4.82. The highest BCUT2D eigenvalue weighted by Gasteiger charge is 2.31. The zero-order chi connectivity index (χ0) is 12.5. The fourth-order valence-corrected chi connectivity index (χ4v) is 1.59. The summed E-state index contributed by atoms with van der Waals surface area (Å²) in [6.07, 6.45) is -3.27. The third kappa shape index (κ3) is 2.41. The van der Waals surface area contributed by atoms with Crippen molar-refractivity contribution in [3.05, 3.63) is 30.5 Å². The Morgan fingerprint density at radius 3 is 2.59 bits per heavy atom. The number of hydrogen-bond donors (Lipinski definition) is 1. The molecule has 90 valence electrons. The quantitative estimate of drug-likeness (QED) is 0.878. The van der Waals surface area contributed by atoms with Gasteiger partial charge in [-0.25, -0.2) is 4.98 Å². The Bertz CT molecular complexity index is 540. The van der Waals surface area contributed by atoms with Crippen molar-refractivity contribution in [2.45, 2.75) is 6.36 Å². The fourth-order valence-electron chi connectivity index (χ4n) is 1.59. The van der Waals surface area contributed by atoms with Crippen molar-refractivity contribution < 1.29 is 17.9 Å². The van der Waals surface area contributed by atoms with E-state index in [-0.39, 0.29) is 5.75 Å². The van der Waals surface area contributed by atoms with Crippen molar-refractivity contribution in [2.75, 3.05) is 12.4 Å². The van der Waals surface area contributed by atoms with E-state index in [1.165, 1.54) is 24.4 Å². The normalized spacial score (nSPS) is 11.5. The summed E-state index contributed by atoms with van der Waals surface area (Å²) in [6.45, 7) is 0. The number of nitrogens with zero attached hydrogens (tertiary/aromatic N) is 1.